The molecule has 2 N–H and O–H groups in total. The van der Waals surface area contributed by atoms with Crippen LogP contribution >= 0.6 is 0 Å². The van der Waals surface area contributed by atoms with Gasteiger partial charge >= 0.3 is 0 Å². The van der Waals surface area contributed by atoms with Crippen LogP contribution in [0.5, 0.6) is 0 Å². The van der Waals surface area contributed by atoms with Gasteiger partial charge in [0.05, 0.1) is 0 Å². The van der Waals surface area contributed by atoms with Gasteiger partial charge in [0, 0.05) is 41.4 Å². The van der Waals surface area contributed by atoms with Crippen molar-refractivity contribution < 1.29 is 4.21 Å². The smallest absolute Gasteiger partial charge is 0.0363 e. The molecule has 1 aliphatic heterocycles. The molecule has 1 saturated carbocycles. The van der Waals surface area contributed by atoms with Crippen molar-refractivity contribution in [3.05, 3.63) is 0 Å². The topological polar surface area (TPSA) is 46.3 Å². The third-order valence-corrected chi connectivity index (χ3v) is 7.23. The fourth-order valence-corrected chi connectivity index (χ4v) is 4.99. The molecule has 2 rings (SSSR count). The molecule has 1 heterocycles. The van der Waals surface area contributed by atoms with Gasteiger partial charge in [-0.25, -0.2) is 0 Å². The van der Waals surface area contributed by atoms with Gasteiger partial charge in [0.1, 0.15) is 0 Å². The van der Waals surface area contributed by atoms with Crippen molar-refractivity contribution in [1.29, 1.82) is 0 Å². The molecular formula is C16H32N2OS. The molecule has 0 bridgehead atoms. The quantitative estimate of drug-likeness (QED) is 0.866. The van der Waals surface area contributed by atoms with E-state index in [9.17, 15) is 4.21 Å². The number of rotatable bonds is 4. The lowest BCUT2D eigenvalue weighted by Gasteiger charge is -2.47. The van der Waals surface area contributed by atoms with E-state index in [1.165, 1.54) is 25.7 Å². The summed E-state index contributed by atoms with van der Waals surface area (Å²) in [6, 6.07) is 0.627. The molecule has 0 aromatic rings. The van der Waals surface area contributed by atoms with Gasteiger partial charge < -0.3 is 5.73 Å². The Kier molecular flexibility index (Phi) is 5.66. The zero-order valence-corrected chi connectivity index (χ0v) is 14.3. The van der Waals surface area contributed by atoms with E-state index in [1.54, 1.807) is 0 Å². The Morgan fingerprint density at radius 1 is 1.25 bits per heavy atom. The molecule has 2 aliphatic rings. The number of nitrogens with zero attached hydrogens (tertiary/aromatic N) is 1. The van der Waals surface area contributed by atoms with Crippen molar-refractivity contribution in [2.24, 2.45) is 23.0 Å². The van der Waals surface area contributed by atoms with Crippen molar-refractivity contribution in [3.8, 4) is 0 Å². The lowest BCUT2D eigenvalue weighted by Crippen LogP contribution is -2.52. The van der Waals surface area contributed by atoms with E-state index in [-0.39, 0.29) is 0 Å². The van der Waals surface area contributed by atoms with Crippen molar-refractivity contribution in [1.82, 2.24) is 4.90 Å². The molecule has 20 heavy (non-hydrogen) atoms. The average Bonchev–Trinajstić information content (AvgIpc) is 2.47. The largest absolute Gasteiger partial charge is 0.330 e. The first-order chi connectivity index (χ1) is 9.47. The maximum Gasteiger partial charge on any atom is 0.0363 e. The molecule has 3 unspecified atom stereocenters. The van der Waals surface area contributed by atoms with Gasteiger partial charge in [-0.1, -0.05) is 27.2 Å². The summed E-state index contributed by atoms with van der Waals surface area (Å²) in [5.74, 6) is 3.17. The molecule has 0 radical (unpaired) electrons. The van der Waals surface area contributed by atoms with Crippen molar-refractivity contribution in [2.75, 3.05) is 31.1 Å². The molecule has 3 atom stereocenters. The maximum atomic E-state index is 11.6. The van der Waals surface area contributed by atoms with Gasteiger partial charge in [-0.15, -0.1) is 0 Å². The van der Waals surface area contributed by atoms with Crippen molar-refractivity contribution in [2.45, 2.75) is 52.5 Å². The minimum absolute atomic E-state index is 0.441. The number of hydrogen-bond acceptors (Lipinski definition) is 3. The molecule has 0 aromatic heterocycles. The fraction of sp³-hybridized carbons (Fsp3) is 1.00. The fourth-order valence-electron chi connectivity index (χ4n) is 3.91. The van der Waals surface area contributed by atoms with E-state index >= 15 is 0 Å². The molecule has 1 saturated heterocycles. The predicted octanol–water partition coefficient (Wildman–Crippen LogP) is 2.23. The highest BCUT2D eigenvalue weighted by molar-refractivity contribution is 7.85. The highest BCUT2D eigenvalue weighted by Gasteiger charge is 2.39. The molecule has 4 heteroatoms. The summed E-state index contributed by atoms with van der Waals surface area (Å²) in [5.41, 5.74) is 6.47. The highest BCUT2D eigenvalue weighted by atomic mass is 32.2. The van der Waals surface area contributed by atoms with Crippen LogP contribution in [0.2, 0.25) is 0 Å². The summed E-state index contributed by atoms with van der Waals surface area (Å²) < 4.78 is 11.6. The minimum Gasteiger partial charge on any atom is -0.330 e. The number of nitrogens with two attached hydrogens (primary N) is 1. The molecule has 118 valence electrons. The van der Waals surface area contributed by atoms with Crippen LogP contribution in [0, 0.1) is 17.3 Å². The predicted molar refractivity (Wildman–Crippen MR) is 87.2 cm³/mol. The van der Waals surface area contributed by atoms with E-state index in [0.29, 0.717) is 17.4 Å². The van der Waals surface area contributed by atoms with Crippen LogP contribution in [-0.4, -0.2) is 46.3 Å². The monoisotopic (exact) mass is 300 g/mol. The molecule has 2 fully saturated rings. The Morgan fingerprint density at radius 2 is 1.90 bits per heavy atom. The lowest BCUT2D eigenvalue weighted by atomic mass is 9.65. The Hall–Kier alpha value is 0.0700. The zero-order valence-electron chi connectivity index (χ0n) is 13.4. The Morgan fingerprint density at radius 3 is 2.45 bits per heavy atom. The summed E-state index contributed by atoms with van der Waals surface area (Å²) in [7, 11) is -0.579. The molecule has 1 aliphatic carbocycles. The SMILES string of the molecule is CCC(C)(C)C1CCC(CN)C(N2CCS(=O)CC2)C1. The van der Waals surface area contributed by atoms with Crippen LogP contribution in [0.4, 0.5) is 0 Å². The Labute approximate surface area is 127 Å². The second kappa shape index (κ2) is 6.89. The summed E-state index contributed by atoms with van der Waals surface area (Å²) in [5, 5.41) is 0. The molecular weight excluding hydrogens is 268 g/mol. The first-order valence-electron chi connectivity index (χ1n) is 8.27. The third-order valence-electron chi connectivity index (χ3n) is 5.96. The van der Waals surface area contributed by atoms with Crippen LogP contribution in [0.15, 0.2) is 0 Å². The standard InChI is InChI=1S/C16H32N2OS/c1-4-16(2,3)14-6-5-13(12-17)15(11-14)18-7-9-20(19)10-8-18/h13-15H,4-12,17H2,1-3H3. The summed E-state index contributed by atoms with van der Waals surface area (Å²) in [6.07, 6.45) is 5.14. The highest BCUT2D eigenvalue weighted by Crippen LogP contribution is 2.43. The summed E-state index contributed by atoms with van der Waals surface area (Å²) in [6.45, 7) is 9.98. The molecule has 0 spiro atoms. The Bertz CT molecular complexity index is 335. The molecule has 0 aromatic carbocycles. The number of hydrogen-bond donors (Lipinski definition) is 1. The van der Waals surface area contributed by atoms with E-state index in [0.717, 1.165) is 37.1 Å². The summed E-state index contributed by atoms with van der Waals surface area (Å²) >= 11 is 0. The second-order valence-corrected chi connectivity index (χ2v) is 9.00. The van der Waals surface area contributed by atoms with Crippen molar-refractivity contribution >= 4 is 10.8 Å². The van der Waals surface area contributed by atoms with Gasteiger partial charge in [0.2, 0.25) is 0 Å². The van der Waals surface area contributed by atoms with Crippen LogP contribution < -0.4 is 5.73 Å². The normalized spacial score (nSPS) is 34.3. The third kappa shape index (κ3) is 3.63. The average molecular weight is 301 g/mol. The second-order valence-electron chi connectivity index (χ2n) is 7.30. The van der Waals surface area contributed by atoms with Gasteiger partial charge in [-0.2, -0.15) is 0 Å². The van der Waals surface area contributed by atoms with E-state index < -0.39 is 10.8 Å². The van der Waals surface area contributed by atoms with Crippen LogP contribution in [0.3, 0.4) is 0 Å². The van der Waals surface area contributed by atoms with Crippen molar-refractivity contribution in [3.63, 3.8) is 0 Å². The molecule has 0 amide bonds. The van der Waals surface area contributed by atoms with Crippen LogP contribution in [0.25, 0.3) is 0 Å². The minimum atomic E-state index is -0.579. The van der Waals surface area contributed by atoms with E-state index in [1.807, 2.05) is 0 Å². The van der Waals surface area contributed by atoms with Gasteiger partial charge in [0.25, 0.3) is 0 Å². The van der Waals surface area contributed by atoms with Crippen LogP contribution in [-0.2, 0) is 10.8 Å². The van der Waals surface area contributed by atoms with Crippen LogP contribution in [0.1, 0.15) is 46.5 Å². The van der Waals surface area contributed by atoms with E-state index in [4.69, 9.17) is 5.73 Å². The zero-order chi connectivity index (χ0) is 14.8. The Balaban J connectivity index is 2.04. The van der Waals surface area contributed by atoms with E-state index in [2.05, 4.69) is 25.7 Å². The molecule has 3 nitrogen and oxygen atoms in total. The summed E-state index contributed by atoms with van der Waals surface area (Å²) in [4.78, 5) is 2.59. The first-order valence-corrected chi connectivity index (χ1v) is 9.75. The lowest BCUT2D eigenvalue weighted by molar-refractivity contribution is 0.0420. The van der Waals surface area contributed by atoms with Gasteiger partial charge in [-0.3, -0.25) is 9.11 Å². The van der Waals surface area contributed by atoms with Gasteiger partial charge in [-0.05, 0) is 43.1 Å². The van der Waals surface area contributed by atoms with Gasteiger partial charge in [0.15, 0.2) is 0 Å². The maximum absolute atomic E-state index is 11.6. The first kappa shape index (κ1) is 16.4.